The first-order chi connectivity index (χ1) is 9.42. The third kappa shape index (κ3) is 3.40. The van der Waals surface area contributed by atoms with E-state index in [1.807, 2.05) is 0 Å². The van der Waals surface area contributed by atoms with Crippen molar-refractivity contribution in [1.29, 1.82) is 0 Å². The minimum Gasteiger partial charge on any atom is -0.384 e. The van der Waals surface area contributed by atoms with Crippen molar-refractivity contribution in [2.75, 3.05) is 6.61 Å². The van der Waals surface area contributed by atoms with Crippen LogP contribution >= 0.6 is 0 Å². The van der Waals surface area contributed by atoms with E-state index < -0.39 is 10.0 Å². The number of hydrogen-bond acceptors (Lipinski definition) is 3. The molecule has 0 aliphatic heterocycles. The molecule has 0 bridgehead atoms. The van der Waals surface area contributed by atoms with Crippen LogP contribution in [0.25, 0.3) is 0 Å². The number of sulfonamides is 1. The van der Waals surface area contributed by atoms with E-state index in [9.17, 15) is 8.42 Å². The molecule has 0 atom stereocenters. The Kier molecular flexibility index (Phi) is 4.48. The summed E-state index contributed by atoms with van der Waals surface area (Å²) < 4.78 is 27.5. The van der Waals surface area contributed by atoms with Crippen LogP contribution in [-0.4, -0.2) is 26.2 Å². The van der Waals surface area contributed by atoms with Gasteiger partial charge in [0.25, 0.3) is 0 Å². The second kappa shape index (κ2) is 5.96. The Morgan fingerprint density at radius 1 is 1.40 bits per heavy atom. The molecular formula is C15H19NO3S. The predicted octanol–water partition coefficient (Wildman–Crippen LogP) is 1.42. The molecule has 0 heterocycles. The van der Waals surface area contributed by atoms with E-state index in [1.165, 1.54) is 0 Å². The maximum absolute atomic E-state index is 12.4. The van der Waals surface area contributed by atoms with Crippen LogP contribution in [0.3, 0.4) is 0 Å². The van der Waals surface area contributed by atoms with Gasteiger partial charge < -0.3 is 5.11 Å². The molecule has 4 nitrogen and oxygen atoms in total. The maximum Gasteiger partial charge on any atom is 0.241 e. The molecule has 1 aromatic carbocycles. The summed E-state index contributed by atoms with van der Waals surface area (Å²) in [6.07, 6.45) is 1.78. The summed E-state index contributed by atoms with van der Waals surface area (Å²) in [4.78, 5) is 0.266. The standard InChI is InChI=1S/C15H19NO3S/c1-11-8-14(9-11)16-20(18,19)15-10-13(4-3-7-17)6-5-12(15)2/h5-6,10-11,14,16-17H,7-9H2,1-2H3. The molecule has 1 aromatic rings. The zero-order chi connectivity index (χ0) is 14.8. The fourth-order valence-corrected chi connectivity index (χ4v) is 3.92. The van der Waals surface area contributed by atoms with Crippen LogP contribution in [0.4, 0.5) is 0 Å². The van der Waals surface area contributed by atoms with Crippen molar-refractivity contribution in [3.63, 3.8) is 0 Å². The smallest absolute Gasteiger partial charge is 0.241 e. The quantitative estimate of drug-likeness (QED) is 0.828. The Hall–Kier alpha value is -1.35. The van der Waals surface area contributed by atoms with Gasteiger partial charge in [-0.15, -0.1) is 0 Å². The van der Waals surface area contributed by atoms with Gasteiger partial charge in [-0.2, -0.15) is 0 Å². The molecule has 0 aromatic heterocycles. The zero-order valence-electron chi connectivity index (χ0n) is 11.7. The number of aliphatic hydroxyl groups excluding tert-OH is 1. The third-order valence-corrected chi connectivity index (χ3v) is 5.15. The Morgan fingerprint density at radius 2 is 2.10 bits per heavy atom. The van der Waals surface area contributed by atoms with E-state index in [0.29, 0.717) is 17.0 Å². The zero-order valence-corrected chi connectivity index (χ0v) is 12.5. The Labute approximate surface area is 120 Å². The first kappa shape index (κ1) is 15.0. The number of rotatable bonds is 3. The highest BCUT2D eigenvalue weighted by atomic mass is 32.2. The SMILES string of the molecule is Cc1ccc(C#CCO)cc1S(=O)(=O)NC1CC(C)C1. The summed E-state index contributed by atoms with van der Waals surface area (Å²) >= 11 is 0. The fourth-order valence-electron chi connectivity index (χ4n) is 2.39. The van der Waals surface area contributed by atoms with Crippen LogP contribution in [0, 0.1) is 24.7 Å². The third-order valence-electron chi connectivity index (χ3n) is 3.49. The number of benzene rings is 1. The van der Waals surface area contributed by atoms with E-state index in [4.69, 9.17) is 5.11 Å². The van der Waals surface area contributed by atoms with Gasteiger partial charge in [0.15, 0.2) is 0 Å². The molecule has 1 aliphatic rings. The molecule has 108 valence electrons. The van der Waals surface area contributed by atoms with E-state index in [-0.39, 0.29) is 17.5 Å². The van der Waals surface area contributed by atoms with Gasteiger partial charge in [-0.05, 0) is 43.4 Å². The van der Waals surface area contributed by atoms with Crippen molar-refractivity contribution in [3.8, 4) is 11.8 Å². The van der Waals surface area contributed by atoms with Crippen molar-refractivity contribution in [2.45, 2.75) is 37.6 Å². The maximum atomic E-state index is 12.4. The lowest BCUT2D eigenvalue weighted by atomic mass is 9.83. The lowest BCUT2D eigenvalue weighted by Gasteiger charge is -2.33. The Balaban J connectivity index is 2.25. The van der Waals surface area contributed by atoms with Crippen LogP contribution in [0.1, 0.15) is 30.9 Å². The van der Waals surface area contributed by atoms with Gasteiger partial charge in [0.1, 0.15) is 6.61 Å². The monoisotopic (exact) mass is 293 g/mol. The summed E-state index contributed by atoms with van der Waals surface area (Å²) in [6.45, 7) is 3.64. The highest BCUT2D eigenvalue weighted by molar-refractivity contribution is 7.89. The largest absolute Gasteiger partial charge is 0.384 e. The molecule has 0 spiro atoms. The van der Waals surface area contributed by atoms with E-state index >= 15 is 0 Å². The van der Waals surface area contributed by atoms with E-state index in [1.54, 1.807) is 25.1 Å². The van der Waals surface area contributed by atoms with Crippen LogP contribution in [0.2, 0.25) is 0 Å². The number of aryl methyl sites for hydroxylation is 1. The summed E-state index contributed by atoms with van der Waals surface area (Å²) in [7, 11) is -3.50. The molecule has 1 fully saturated rings. The predicted molar refractivity (Wildman–Crippen MR) is 77.7 cm³/mol. The van der Waals surface area contributed by atoms with Crippen molar-refractivity contribution in [3.05, 3.63) is 29.3 Å². The number of nitrogens with one attached hydrogen (secondary N) is 1. The molecule has 0 saturated heterocycles. The molecule has 1 aliphatic carbocycles. The number of hydrogen-bond donors (Lipinski definition) is 2. The molecule has 0 unspecified atom stereocenters. The normalized spacial score (nSPS) is 21.8. The summed E-state index contributed by atoms with van der Waals surface area (Å²) in [5, 5.41) is 8.69. The number of aliphatic hydroxyl groups is 1. The van der Waals surface area contributed by atoms with Crippen LogP contribution in [-0.2, 0) is 10.0 Å². The second-order valence-electron chi connectivity index (χ2n) is 5.33. The molecule has 0 amide bonds. The van der Waals surface area contributed by atoms with Crippen molar-refractivity contribution >= 4 is 10.0 Å². The summed E-state index contributed by atoms with van der Waals surface area (Å²) in [5.74, 6) is 5.84. The van der Waals surface area contributed by atoms with Crippen molar-refractivity contribution < 1.29 is 13.5 Å². The molecule has 2 N–H and O–H groups in total. The van der Waals surface area contributed by atoms with Crippen molar-refractivity contribution in [2.24, 2.45) is 5.92 Å². The van der Waals surface area contributed by atoms with Gasteiger partial charge in [0.05, 0.1) is 4.90 Å². The fraction of sp³-hybridized carbons (Fsp3) is 0.467. The van der Waals surface area contributed by atoms with Gasteiger partial charge in [-0.1, -0.05) is 24.8 Å². The van der Waals surface area contributed by atoms with Gasteiger partial charge >= 0.3 is 0 Å². The van der Waals surface area contributed by atoms with Crippen LogP contribution in [0.15, 0.2) is 23.1 Å². The summed E-state index contributed by atoms with van der Waals surface area (Å²) in [6, 6.07) is 5.09. The highest BCUT2D eigenvalue weighted by Gasteiger charge is 2.30. The second-order valence-corrected chi connectivity index (χ2v) is 7.02. The Morgan fingerprint density at radius 3 is 2.70 bits per heavy atom. The highest BCUT2D eigenvalue weighted by Crippen LogP contribution is 2.28. The molecule has 0 radical (unpaired) electrons. The average Bonchev–Trinajstić information content (AvgIpc) is 2.35. The molecular weight excluding hydrogens is 274 g/mol. The first-order valence-electron chi connectivity index (χ1n) is 6.65. The van der Waals surface area contributed by atoms with Gasteiger partial charge in [0.2, 0.25) is 10.0 Å². The Bertz CT molecular complexity index is 649. The van der Waals surface area contributed by atoms with E-state index in [2.05, 4.69) is 23.5 Å². The van der Waals surface area contributed by atoms with Crippen LogP contribution < -0.4 is 4.72 Å². The summed E-state index contributed by atoms with van der Waals surface area (Å²) in [5.41, 5.74) is 1.28. The minimum absolute atomic E-state index is 0.0431. The molecule has 2 rings (SSSR count). The van der Waals surface area contributed by atoms with E-state index in [0.717, 1.165) is 12.8 Å². The first-order valence-corrected chi connectivity index (χ1v) is 8.13. The lowest BCUT2D eigenvalue weighted by molar-refractivity contribution is 0.270. The topological polar surface area (TPSA) is 66.4 Å². The van der Waals surface area contributed by atoms with Crippen molar-refractivity contribution in [1.82, 2.24) is 4.72 Å². The molecule has 1 saturated carbocycles. The molecule has 5 heteroatoms. The van der Waals surface area contributed by atoms with Gasteiger partial charge in [-0.3, -0.25) is 0 Å². The van der Waals surface area contributed by atoms with Gasteiger partial charge in [-0.25, -0.2) is 13.1 Å². The molecule has 20 heavy (non-hydrogen) atoms. The lowest BCUT2D eigenvalue weighted by Crippen LogP contribution is -2.43. The average molecular weight is 293 g/mol. The van der Waals surface area contributed by atoms with Gasteiger partial charge in [0, 0.05) is 11.6 Å². The minimum atomic E-state index is -3.50. The van der Waals surface area contributed by atoms with Crippen LogP contribution in [0.5, 0.6) is 0 Å².